The lowest BCUT2D eigenvalue weighted by Gasteiger charge is -2.21. The summed E-state index contributed by atoms with van der Waals surface area (Å²) in [6, 6.07) is 0. The summed E-state index contributed by atoms with van der Waals surface area (Å²) in [6.45, 7) is 1.93. The van der Waals surface area contributed by atoms with Gasteiger partial charge in [-0.15, -0.1) is 12.4 Å². The lowest BCUT2D eigenvalue weighted by molar-refractivity contribution is 0.0817. The van der Waals surface area contributed by atoms with Crippen LogP contribution in [0.5, 0.6) is 0 Å². The van der Waals surface area contributed by atoms with Crippen LogP contribution in [0.1, 0.15) is 0 Å². The molecule has 0 aromatic rings. The van der Waals surface area contributed by atoms with E-state index >= 15 is 0 Å². The fourth-order valence-electron chi connectivity index (χ4n) is 0.929. The van der Waals surface area contributed by atoms with Crippen molar-refractivity contribution < 1.29 is 18.9 Å². The molecule has 18 heavy (non-hydrogen) atoms. The minimum atomic E-state index is -0.366. The summed E-state index contributed by atoms with van der Waals surface area (Å²) in [6.07, 6.45) is 1.52. The quantitative estimate of drug-likeness (QED) is 0.266. The highest BCUT2D eigenvalue weighted by Crippen LogP contribution is 2.14. The largest absolute Gasteiger partial charge is 0.495 e. The van der Waals surface area contributed by atoms with E-state index in [0.29, 0.717) is 32.2 Å². The van der Waals surface area contributed by atoms with Crippen molar-refractivity contribution >= 4 is 24.0 Å². The molecule has 1 atom stereocenters. The number of ether oxygens (including phenoxy) is 4. The first-order valence-corrected chi connectivity index (χ1v) is 5.80. The first kappa shape index (κ1) is 20.1. The van der Waals surface area contributed by atoms with Crippen molar-refractivity contribution in [3.63, 3.8) is 0 Å². The van der Waals surface area contributed by atoms with Crippen molar-refractivity contribution in [3.05, 3.63) is 12.0 Å². The van der Waals surface area contributed by atoms with E-state index in [1.54, 1.807) is 14.2 Å². The van der Waals surface area contributed by atoms with E-state index in [0.717, 1.165) is 0 Å². The summed E-state index contributed by atoms with van der Waals surface area (Å²) in [7, 11) is 6.96. The summed E-state index contributed by atoms with van der Waals surface area (Å²) >= 11 is 6.15. The molecule has 0 saturated heterocycles. The van der Waals surface area contributed by atoms with Gasteiger partial charge in [-0.3, -0.25) is 4.90 Å². The van der Waals surface area contributed by atoms with Gasteiger partial charge in [-0.25, -0.2) is 0 Å². The van der Waals surface area contributed by atoms with Crippen LogP contribution in [0.15, 0.2) is 12.0 Å². The van der Waals surface area contributed by atoms with E-state index in [1.165, 1.54) is 6.26 Å². The van der Waals surface area contributed by atoms with E-state index in [-0.39, 0.29) is 17.9 Å². The Morgan fingerprint density at radius 2 is 1.67 bits per heavy atom. The molecule has 0 rings (SSSR count). The van der Waals surface area contributed by atoms with Crippen LogP contribution in [-0.4, -0.2) is 65.1 Å². The number of alkyl halides is 1. The van der Waals surface area contributed by atoms with Gasteiger partial charge in [0.1, 0.15) is 25.0 Å². The lowest BCUT2D eigenvalue weighted by atomic mass is 10.5. The van der Waals surface area contributed by atoms with E-state index in [2.05, 4.69) is 0 Å². The number of likely N-dealkylation sites (N-methyl/N-ethyl adjacent to an activating group) is 1. The van der Waals surface area contributed by atoms with Gasteiger partial charge in [0.2, 0.25) is 0 Å². The van der Waals surface area contributed by atoms with E-state index in [1.807, 2.05) is 19.0 Å². The average Bonchev–Trinajstić information content (AvgIpc) is 2.31. The third-order valence-corrected chi connectivity index (χ3v) is 2.45. The van der Waals surface area contributed by atoms with Gasteiger partial charge < -0.3 is 18.9 Å². The van der Waals surface area contributed by atoms with Gasteiger partial charge in [0, 0.05) is 14.2 Å². The third kappa shape index (κ3) is 9.79. The fourth-order valence-corrected chi connectivity index (χ4v) is 1.04. The van der Waals surface area contributed by atoms with E-state index < -0.39 is 0 Å². The Balaban J connectivity index is 0. The summed E-state index contributed by atoms with van der Waals surface area (Å²) in [5.74, 6) is 0.560. The molecular weight excluding hydrogens is 281 g/mol. The molecular formula is C11H23Cl2NO4. The van der Waals surface area contributed by atoms with Crippen LogP contribution < -0.4 is 0 Å². The zero-order valence-electron chi connectivity index (χ0n) is 11.3. The van der Waals surface area contributed by atoms with Gasteiger partial charge in [-0.1, -0.05) is 11.6 Å². The Kier molecular flexibility index (Phi) is 14.8. The molecule has 0 N–H and O–H groups in total. The molecule has 0 aliphatic heterocycles. The molecule has 0 radical (unpaired) electrons. The molecule has 0 aromatic heterocycles. The molecule has 0 amide bonds. The highest BCUT2D eigenvalue weighted by molar-refractivity contribution is 6.21. The maximum absolute atomic E-state index is 6.15. The number of hydrogen-bond acceptors (Lipinski definition) is 5. The second-order valence-electron chi connectivity index (χ2n) is 3.52. The average molecular weight is 304 g/mol. The second-order valence-corrected chi connectivity index (χ2v) is 3.94. The molecule has 0 fully saturated rings. The molecule has 0 aliphatic carbocycles. The normalized spacial score (nSPS) is 13.1. The van der Waals surface area contributed by atoms with Gasteiger partial charge in [-0.2, -0.15) is 0 Å². The van der Waals surface area contributed by atoms with Gasteiger partial charge in [0.05, 0.1) is 13.2 Å². The zero-order chi connectivity index (χ0) is 13.1. The van der Waals surface area contributed by atoms with Crippen molar-refractivity contribution in [3.8, 4) is 0 Å². The molecule has 0 saturated carbocycles. The van der Waals surface area contributed by atoms with Crippen LogP contribution in [0.4, 0.5) is 0 Å². The van der Waals surface area contributed by atoms with Crippen molar-refractivity contribution in [1.29, 1.82) is 0 Å². The molecule has 0 aliphatic rings. The Hall–Kier alpha value is -0.200. The predicted molar refractivity (Wildman–Crippen MR) is 74.3 cm³/mol. The fraction of sp³-hybridized carbons (Fsp3) is 0.818. The van der Waals surface area contributed by atoms with Crippen LogP contribution in [-0.2, 0) is 18.9 Å². The second kappa shape index (κ2) is 13.2. The van der Waals surface area contributed by atoms with Crippen LogP contribution in [0.2, 0.25) is 0 Å². The summed E-state index contributed by atoms with van der Waals surface area (Å²) in [4.78, 5) is 1.82. The third-order valence-electron chi connectivity index (χ3n) is 1.85. The number of nitrogens with zero attached hydrogens (tertiary/aromatic N) is 1. The minimum absolute atomic E-state index is 0. The monoisotopic (exact) mass is 303 g/mol. The van der Waals surface area contributed by atoms with Crippen LogP contribution in [0.25, 0.3) is 0 Å². The first-order chi connectivity index (χ1) is 8.13. The SMILES string of the molecule is COCCO/C=C(/OCCOC)C(Cl)N(C)C.Cl. The smallest absolute Gasteiger partial charge is 0.163 e. The molecule has 0 aromatic carbocycles. The van der Waals surface area contributed by atoms with Crippen molar-refractivity contribution in [1.82, 2.24) is 4.90 Å². The highest BCUT2D eigenvalue weighted by Gasteiger charge is 2.15. The minimum Gasteiger partial charge on any atom is -0.495 e. The summed E-state index contributed by atoms with van der Waals surface area (Å²) in [5.41, 5.74) is -0.366. The van der Waals surface area contributed by atoms with Gasteiger partial charge in [0.15, 0.2) is 5.76 Å². The molecule has 5 nitrogen and oxygen atoms in total. The van der Waals surface area contributed by atoms with Gasteiger partial charge in [-0.05, 0) is 14.1 Å². The Bertz CT molecular complexity index is 215. The number of methoxy groups -OCH3 is 2. The standard InChI is InChI=1S/C11H22ClNO4.ClH/c1-13(2)11(12)10(17-8-6-15-4)9-16-7-5-14-3;/h9,11H,5-8H2,1-4H3;1H/b10-9+;. The van der Waals surface area contributed by atoms with Crippen LogP contribution in [0.3, 0.4) is 0 Å². The van der Waals surface area contributed by atoms with E-state index in [9.17, 15) is 0 Å². The molecule has 1 unspecified atom stereocenters. The topological polar surface area (TPSA) is 40.2 Å². The highest BCUT2D eigenvalue weighted by atomic mass is 35.5. The van der Waals surface area contributed by atoms with Crippen LogP contribution >= 0.6 is 24.0 Å². The summed E-state index contributed by atoms with van der Waals surface area (Å²) < 4.78 is 20.5. The molecule has 0 bridgehead atoms. The maximum Gasteiger partial charge on any atom is 0.163 e. The first-order valence-electron chi connectivity index (χ1n) is 5.36. The van der Waals surface area contributed by atoms with Crippen molar-refractivity contribution in [2.45, 2.75) is 5.50 Å². The Labute approximate surface area is 120 Å². The Morgan fingerprint density at radius 3 is 2.17 bits per heavy atom. The van der Waals surface area contributed by atoms with Crippen molar-refractivity contribution in [2.75, 3.05) is 54.7 Å². The predicted octanol–water partition coefficient (Wildman–Crippen LogP) is 1.70. The molecule has 110 valence electrons. The van der Waals surface area contributed by atoms with Crippen LogP contribution in [0, 0.1) is 0 Å². The zero-order valence-corrected chi connectivity index (χ0v) is 12.9. The Morgan fingerprint density at radius 1 is 1.11 bits per heavy atom. The number of halogens is 2. The number of hydrogen-bond donors (Lipinski definition) is 0. The summed E-state index contributed by atoms with van der Waals surface area (Å²) in [5, 5.41) is 0. The molecule has 0 spiro atoms. The molecule has 7 heteroatoms. The van der Waals surface area contributed by atoms with E-state index in [4.69, 9.17) is 30.5 Å². The van der Waals surface area contributed by atoms with Gasteiger partial charge in [0.25, 0.3) is 0 Å². The molecule has 0 heterocycles. The lowest BCUT2D eigenvalue weighted by Crippen LogP contribution is -2.26. The number of rotatable bonds is 10. The van der Waals surface area contributed by atoms with Gasteiger partial charge >= 0.3 is 0 Å². The maximum atomic E-state index is 6.15. The van der Waals surface area contributed by atoms with Crippen molar-refractivity contribution in [2.24, 2.45) is 0 Å².